The Morgan fingerprint density at radius 1 is 1.37 bits per heavy atom. The average molecular weight is 456 g/mol. The SMILES string of the molecule is CC(C)OC(=O)[C@H](C)N[P+](=O)OC[C@@](F)(O[C@H](CF)n1ccc(=O)[nH]c1=O)[C@H](C)O. The largest absolute Gasteiger partial charge is 0.614 e. The minimum Gasteiger partial charge on any atom is -0.462 e. The fraction of sp³-hybridized carbons (Fsp3) is 0.688. The number of esters is 1. The van der Waals surface area contributed by atoms with Crippen molar-refractivity contribution in [3.05, 3.63) is 33.1 Å². The van der Waals surface area contributed by atoms with Crippen molar-refractivity contribution in [1.82, 2.24) is 14.6 Å². The summed E-state index contributed by atoms with van der Waals surface area (Å²) in [4.78, 5) is 36.4. The van der Waals surface area contributed by atoms with Crippen molar-refractivity contribution in [3.8, 4) is 0 Å². The quantitative estimate of drug-likeness (QED) is 0.305. The highest BCUT2D eigenvalue weighted by Crippen LogP contribution is 2.29. The highest BCUT2D eigenvalue weighted by atomic mass is 31.1. The van der Waals surface area contributed by atoms with Gasteiger partial charge in [0.25, 0.3) is 11.4 Å². The number of aromatic nitrogens is 2. The topological polar surface area (TPSA) is 149 Å². The third-order valence-electron chi connectivity index (χ3n) is 3.63. The molecule has 5 atom stereocenters. The number of hydrogen-bond acceptors (Lipinski definition) is 8. The maximum absolute atomic E-state index is 15.1. The second kappa shape index (κ2) is 11.4. The number of alkyl halides is 2. The van der Waals surface area contributed by atoms with Gasteiger partial charge in [0.05, 0.1) is 6.10 Å². The van der Waals surface area contributed by atoms with Gasteiger partial charge in [-0.1, -0.05) is 5.09 Å². The Bertz CT molecular complexity index is 846. The molecule has 1 heterocycles. The monoisotopic (exact) mass is 456 g/mol. The van der Waals surface area contributed by atoms with E-state index in [0.717, 1.165) is 19.2 Å². The standard InChI is InChI=1S/C16H24F2N3O8P/c1-9(2)28-14(24)10(3)20-30(26)27-8-16(18,11(4)22)29-13(7-17)21-6-5-12(23)19-15(21)25/h5-6,9-11,13,22H,7-8H2,1-4H3,(H-,19,20,23,25,26)/p+1/t10-,11-,13+,16+/m0/s1. The van der Waals surface area contributed by atoms with Crippen LogP contribution in [0.5, 0.6) is 0 Å². The van der Waals surface area contributed by atoms with E-state index in [1.165, 1.54) is 6.92 Å². The van der Waals surface area contributed by atoms with Crippen molar-refractivity contribution in [1.29, 1.82) is 0 Å². The van der Waals surface area contributed by atoms with Gasteiger partial charge in [0.2, 0.25) is 0 Å². The number of nitrogens with one attached hydrogen (secondary N) is 2. The summed E-state index contributed by atoms with van der Waals surface area (Å²) in [5.41, 5.74) is -1.82. The number of H-pyrrole nitrogens is 1. The van der Waals surface area contributed by atoms with Gasteiger partial charge in [-0.2, -0.15) is 0 Å². The van der Waals surface area contributed by atoms with Gasteiger partial charge in [-0.3, -0.25) is 19.1 Å². The number of aromatic amines is 1. The maximum atomic E-state index is 15.1. The number of carbonyl (C=O) groups is 1. The van der Waals surface area contributed by atoms with Crippen molar-refractivity contribution < 1.29 is 37.2 Å². The first-order valence-corrected chi connectivity index (χ1v) is 10.1. The van der Waals surface area contributed by atoms with Gasteiger partial charge >= 0.3 is 19.8 Å². The van der Waals surface area contributed by atoms with Crippen LogP contribution >= 0.6 is 8.18 Å². The number of carbonyl (C=O) groups excluding carboxylic acids is 1. The number of hydrogen-bond donors (Lipinski definition) is 3. The zero-order valence-electron chi connectivity index (χ0n) is 16.8. The minimum atomic E-state index is -3.08. The van der Waals surface area contributed by atoms with Crippen LogP contribution in [0.25, 0.3) is 0 Å². The van der Waals surface area contributed by atoms with E-state index in [2.05, 4.69) is 5.09 Å². The molecule has 0 aliphatic rings. The molecular weight excluding hydrogens is 431 g/mol. The van der Waals surface area contributed by atoms with Crippen LogP contribution in [0.1, 0.15) is 33.9 Å². The molecule has 0 aromatic carbocycles. The van der Waals surface area contributed by atoms with Gasteiger partial charge in [-0.25, -0.2) is 13.6 Å². The molecule has 0 fully saturated rings. The van der Waals surface area contributed by atoms with Crippen LogP contribution in [0.3, 0.4) is 0 Å². The highest BCUT2D eigenvalue weighted by molar-refractivity contribution is 7.36. The number of aliphatic hydroxyl groups excluding tert-OH is 1. The van der Waals surface area contributed by atoms with Crippen molar-refractivity contribution in [2.45, 2.75) is 58.0 Å². The summed E-state index contributed by atoms with van der Waals surface area (Å²) in [6, 6.07) is -0.152. The third-order valence-corrected chi connectivity index (χ3v) is 4.59. The van der Waals surface area contributed by atoms with E-state index in [1.54, 1.807) is 13.8 Å². The summed E-state index contributed by atoms with van der Waals surface area (Å²) >= 11 is 0. The van der Waals surface area contributed by atoms with E-state index in [-0.39, 0.29) is 0 Å². The predicted octanol–water partition coefficient (Wildman–Crippen LogP) is 0.672. The summed E-state index contributed by atoms with van der Waals surface area (Å²) < 4.78 is 55.6. The van der Waals surface area contributed by atoms with E-state index < -0.39 is 69.0 Å². The molecule has 0 aliphatic heterocycles. The molecular formula is C16H25F2N3O8P+. The molecule has 11 nitrogen and oxygen atoms in total. The Balaban J connectivity index is 2.83. The maximum Gasteiger partial charge on any atom is 0.614 e. The lowest BCUT2D eigenvalue weighted by Crippen LogP contribution is -2.47. The van der Waals surface area contributed by atoms with Crippen LogP contribution in [0.4, 0.5) is 8.78 Å². The second-order valence-electron chi connectivity index (χ2n) is 6.57. The van der Waals surface area contributed by atoms with Crippen LogP contribution < -0.4 is 16.3 Å². The first-order valence-electron chi connectivity index (χ1n) is 8.88. The molecule has 14 heteroatoms. The van der Waals surface area contributed by atoms with E-state index in [9.17, 15) is 28.4 Å². The zero-order valence-corrected chi connectivity index (χ0v) is 17.7. The summed E-state index contributed by atoms with van der Waals surface area (Å²) in [6.07, 6.45) is -3.27. The Morgan fingerprint density at radius 3 is 2.50 bits per heavy atom. The van der Waals surface area contributed by atoms with Crippen molar-refractivity contribution in [2.75, 3.05) is 13.3 Å². The second-order valence-corrected chi connectivity index (χ2v) is 7.60. The van der Waals surface area contributed by atoms with Crippen molar-refractivity contribution in [3.63, 3.8) is 0 Å². The number of aliphatic hydroxyl groups is 1. The third kappa shape index (κ3) is 7.65. The van der Waals surface area contributed by atoms with Crippen molar-refractivity contribution >= 4 is 14.1 Å². The number of halogens is 2. The van der Waals surface area contributed by atoms with E-state index >= 15 is 4.39 Å². The summed E-state index contributed by atoms with van der Waals surface area (Å²) in [7, 11) is -2.80. The van der Waals surface area contributed by atoms with Crippen LogP contribution in [0, 0.1) is 0 Å². The van der Waals surface area contributed by atoms with Crippen LogP contribution in [-0.4, -0.2) is 58.0 Å². The van der Waals surface area contributed by atoms with Crippen LogP contribution in [0.2, 0.25) is 0 Å². The smallest absolute Gasteiger partial charge is 0.462 e. The molecule has 0 spiro atoms. The zero-order chi connectivity index (χ0) is 23.1. The van der Waals surface area contributed by atoms with Gasteiger partial charge in [-0.15, -0.1) is 4.52 Å². The van der Waals surface area contributed by atoms with E-state index in [1.807, 2.05) is 4.98 Å². The highest BCUT2D eigenvalue weighted by Gasteiger charge is 2.44. The molecule has 1 aromatic heterocycles. The molecule has 30 heavy (non-hydrogen) atoms. The Labute approximate surface area is 171 Å². The van der Waals surface area contributed by atoms with E-state index in [0.29, 0.717) is 4.57 Å². The van der Waals surface area contributed by atoms with Crippen LogP contribution in [-0.2, 0) is 23.4 Å². The lowest BCUT2D eigenvalue weighted by Gasteiger charge is -2.30. The van der Waals surface area contributed by atoms with Gasteiger partial charge in [-0.05, 0) is 32.3 Å². The number of rotatable bonds is 12. The summed E-state index contributed by atoms with van der Waals surface area (Å²) in [5, 5.41) is 12.0. The minimum absolute atomic E-state index is 0.406. The molecule has 1 rings (SSSR count). The molecule has 0 bridgehead atoms. The summed E-state index contributed by atoms with van der Waals surface area (Å²) in [5.74, 6) is -3.80. The van der Waals surface area contributed by atoms with Crippen molar-refractivity contribution in [2.24, 2.45) is 0 Å². The molecule has 0 saturated heterocycles. The lowest BCUT2D eigenvalue weighted by atomic mass is 10.2. The first kappa shape index (κ1) is 26.0. The Hall–Kier alpha value is -2.05. The Morgan fingerprint density at radius 2 is 2.00 bits per heavy atom. The Kier molecular flexibility index (Phi) is 9.85. The van der Waals surface area contributed by atoms with Gasteiger partial charge in [0.1, 0.15) is 18.8 Å². The van der Waals surface area contributed by atoms with Gasteiger partial charge in [0.15, 0.2) is 12.8 Å². The van der Waals surface area contributed by atoms with Crippen LogP contribution in [0.15, 0.2) is 21.9 Å². The number of ether oxygens (including phenoxy) is 2. The molecule has 0 amide bonds. The molecule has 1 unspecified atom stereocenters. The number of nitrogens with zero attached hydrogens (tertiary/aromatic N) is 1. The molecule has 0 radical (unpaired) electrons. The lowest BCUT2D eigenvalue weighted by molar-refractivity contribution is -0.260. The fourth-order valence-electron chi connectivity index (χ4n) is 2.03. The van der Waals surface area contributed by atoms with Gasteiger partial charge in [0, 0.05) is 12.3 Å². The molecule has 0 aliphatic carbocycles. The van der Waals surface area contributed by atoms with E-state index in [4.69, 9.17) is 14.0 Å². The fourth-order valence-corrected chi connectivity index (χ4v) is 2.81. The molecule has 0 saturated carbocycles. The molecule has 1 aromatic rings. The first-order chi connectivity index (χ1) is 13.9. The predicted molar refractivity (Wildman–Crippen MR) is 100 cm³/mol. The molecule has 3 N–H and O–H groups in total. The molecule has 170 valence electrons. The normalized spacial score (nSPS) is 17.1. The average Bonchev–Trinajstić information content (AvgIpc) is 2.64. The van der Waals surface area contributed by atoms with Gasteiger partial charge < -0.3 is 14.6 Å². The summed E-state index contributed by atoms with van der Waals surface area (Å²) in [6.45, 7) is 3.02.